The van der Waals surface area contributed by atoms with Crippen molar-refractivity contribution in [3.63, 3.8) is 0 Å². The molecule has 0 saturated heterocycles. The molecule has 0 atom stereocenters. The minimum absolute atomic E-state index is 0.214. The van der Waals surface area contributed by atoms with Crippen LogP contribution in [0.2, 0.25) is 0 Å². The van der Waals surface area contributed by atoms with Crippen LogP contribution >= 0.6 is 11.3 Å². The van der Waals surface area contributed by atoms with E-state index < -0.39 is 21.2 Å². The lowest BCUT2D eigenvalue weighted by atomic mass is 9.97. The maximum Gasteiger partial charge on any atom is 0.293 e. The fourth-order valence-corrected chi connectivity index (χ4v) is 6.78. The van der Waals surface area contributed by atoms with E-state index in [0.29, 0.717) is 29.2 Å². The van der Waals surface area contributed by atoms with Gasteiger partial charge >= 0.3 is 0 Å². The van der Waals surface area contributed by atoms with Crippen LogP contribution in [-0.4, -0.2) is 54.4 Å². The minimum atomic E-state index is -3.73. The van der Waals surface area contributed by atoms with E-state index in [4.69, 9.17) is 18.9 Å². The van der Waals surface area contributed by atoms with Gasteiger partial charge < -0.3 is 13.9 Å². The van der Waals surface area contributed by atoms with Crippen molar-refractivity contribution in [3.8, 4) is 21.3 Å². The highest BCUT2D eigenvalue weighted by Crippen LogP contribution is 2.41. The van der Waals surface area contributed by atoms with Crippen molar-refractivity contribution >= 4 is 38.6 Å². The van der Waals surface area contributed by atoms with Gasteiger partial charge in [-0.05, 0) is 53.0 Å². The number of fused-ring (bicyclic) bond motifs is 1. The van der Waals surface area contributed by atoms with Gasteiger partial charge in [0.05, 0.1) is 27.5 Å². The standard InChI is InChI=1S/C28H34N4O6S2/c1-17(2)32-40(34,35)22-13-12-20(18-10-8-9-11-19(18)22)24-21(14-27(3,4)36-7)29-26(39-24)25-31-30-23(38-25)15-28(5,6)37-16-33/h8-13,16-17,32H,14-15H2,1-7H3. The smallest absolute Gasteiger partial charge is 0.293 e. The highest BCUT2D eigenvalue weighted by Gasteiger charge is 2.28. The van der Waals surface area contributed by atoms with Gasteiger partial charge in [-0.25, -0.2) is 18.1 Å². The quantitative estimate of drug-likeness (QED) is 0.223. The molecule has 4 aromatic rings. The Bertz CT molecular complexity index is 1620. The van der Waals surface area contributed by atoms with Crippen molar-refractivity contribution in [2.24, 2.45) is 0 Å². The first kappa shape index (κ1) is 29.8. The number of nitrogens with one attached hydrogen (secondary N) is 1. The maximum atomic E-state index is 13.1. The van der Waals surface area contributed by atoms with Crippen LogP contribution in [0.25, 0.3) is 32.1 Å². The first-order chi connectivity index (χ1) is 18.7. The summed E-state index contributed by atoms with van der Waals surface area (Å²) in [6, 6.07) is 10.6. The molecule has 0 spiro atoms. The summed E-state index contributed by atoms with van der Waals surface area (Å²) in [5, 5.41) is 10.2. The second kappa shape index (κ2) is 11.4. The molecule has 12 heteroatoms. The fourth-order valence-electron chi connectivity index (χ4n) is 4.27. The number of hydrogen-bond donors (Lipinski definition) is 1. The van der Waals surface area contributed by atoms with E-state index in [9.17, 15) is 13.2 Å². The molecule has 40 heavy (non-hydrogen) atoms. The van der Waals surface area contributed by atoms with Gasteiger partial charge in [0, 0.05) is 30.5 Å². The number of hydrogen-bond acceptors (Lipinski definition) is 10. The highest BCUT2D eigenvalue weighted by atomic mass is 32.2. The van der Waals surface area contributed by atoms with Crippen LogP contribution in [0.15, 0.2) is 45.7 Å². The first-order valence-electron chi connectivity index (χ1n) is 12.8. The molecule has 2 heterocycles. The molecule has 0 aliphatic rings. The van der Waals surface area contributed by atoms with Crippen LogP contribution < -0.4 is 4.72 Å². The summed E-state index contributed by atoms with van der Waals surface area (Å²) < 4.78 is 45.7. The summed E-state index contributed by atoms with van der Waals surface area (Å²) in [5.74, 6) is 0.560. The molecule has 0 amide bonds. The van der Waals surface area contributed by atoms with Gasteiger partial charge in [0.1, 0.15) is 5.60 Å². The number of sulfonamides is 1. The first-order valence-corrected chi connectivity index (χ1v) is 15.1. The van der Waals surface area contributed by atoms with Gasteiger partial charge in [-0.15, -0.1) is 21.5 Å². The van der Waals surface area contributed by atoms with Gasteiger partial charge in [0.2, 0.25) is 15.9 Å². The molecule has 0 aliphatic heterocycles. The number of methoxy groups -OCH3 is 1. The molecule has 0 aliphatic carbocycles. The molecule has 2 aromatic carbocycles. The molecule has 0 fully saturated rings. The van der Waals surface area contributed by atoms with Gasteiger partial charge in [-0.1, -0.05) is 30.3 Å². The summed E-state index contributed by atoms with van der Waals surface area (Å²) in [4.78, 5) is 16.8. The van der Waals surface area contributed by atoms with Crippen LogP contribution in [0.4, 0.5) is 0 Å². The van der Waals surface area contributed by atoms with Gasteiger partial charge in [0.25, 0.3) is 12.4 Å². The Morgan fingerprint density at radius 2 is 1.73 bits per heavy atom. The lowest BCUT2D eigenvalue weighted by Crippen LogP contribution is -2.30. The largest absolute Gasteiger partial charge is 0.461 e. The normalized spacial score (nSPS) is 12.8. The van der Waals surface area contributed by atoms with Crippen molar-refractivity contribution in [1.29, 1.82) is 0 Å². The molecule has 0 unspecified atom stereocenters. The van der Waals surface area contributed by atoms with E-state index in [2.05, 4.69) is 14.9 Å². The Morgan fingerprint density at radius 1 is 1.02 bits per heavy atom. The van der Waals surface area contributed by atoms with Gasteiger partial charge in [-0.3, -0.25) is 4.79 Å². The number of carbonyl (C=O) groups excluding carboxylic acids is 1. The number of aromatic nitrogens is 3. The molecule has 1 N–H and O–H groups in total. The lowest BCUT2D eigenvalue weighted by molar-refractivity contribution is -0.140. The van der Waals surface area contributed by atoms with Gasteiger partial charge in [-0.2, -0.15) is 0 Å². The molecule has 0 bridgehead atoms. The van der Waals surface area contributed by atoms with Gasteiger partial charge in [0.15, 0.2) is 5.01 Å². The SMILES string of the molecule is COC(C)(C)Cc1nc(-c2nnc(CC(C)(C)OC=O)o2)sc1-c1ccc(S(=O)(=O)NC(C)C)c2ccccc12. The van der Waals surface area contributed by atoms with Crippen molar-refractivity contribution in [1.82, 2.24) is 19.9 Å². The zero-order chi connectivity index (χ0) is 29.3. The fraction of sp³-hybridized carbons (Fsp3) is 0.429. The van der Waals surface area contributed by atoms with E-state index in [1.807, 2.05) is 44.2 Å². The minimum Gasteiger partial charge on any atom is -0.461 e. The topological polar surface area (TPSA) is 134 Å². The van der Waals surface area contributed by atoms with E-state index >= 15 is 0 Å². The summed E-state index contributed by atoms with van der Waals surface area (Å²) in [7, 11) is -2.08. The molecule has 0 saturated carbocycles. The number of nitrogens with zero attached hydrogens (tertiary/aromatic N) is 3. The Labute approximate surface area is 238 Å². The molecular formula is C28H34N4O6S2. The van der Waals surface area contributed by atoms with Crippen molar-refractivity contribution in [2.75, 3.05) is 7.11 Å². The molecule has 0 radical (unpaired) electrons. The number of ether oxygens (including phenoxy) is 2. The van der Waals surface area contributed by atoms with Crippen LogP contribution in [0.5, 0.6) is 0 Å². The van der Waals surface area contributed by atoms with E-state index in [0.717, 1.165) is 21.5 Å². The summed E-state index contributed by atoms with van der Waals surface area (Å²) in [5.41, 5.74) is 0.275. The third-order valence-electron chi connectivity index (χ3n) is 6.25. The predicted molar refractivity (Wildman–Crippen MR) is 154 cm³/mol. The highest BCUT2D eigenvalue weighted by molar-refractivity contribution is 7.89. The second-order valence-electron chi connectivity index (χ2n) is 11.0. The second-order valence-corrected chi connectivity index (χ2v) is 13.7. The van der Waals surface area contributed by atoms with E-state index in [1.165, 1.54) is 11.3 Å². The van der Waals surface area contributed by atoms with Crippen molar-refractivity contribution in [2.45, 2.75) is 76.5 Å². The van der Waals surface area contributed by atoms with Crippen LogP contribution in [0.1, 0.15) is 53.1 Å². The van der Waals surface area contributed by atoms with E-state index in [1.54, 1.807) is 40.9 Å². The summed E-state index contributed by atoms with van der Waals surface area (Å²) in [6.45, 7) is 11.4. The molecule has 214 valence electrons. The monoisotopic (exact) mass is 586 g/mol. The lowest BCUT2D eigenvalue weighted by Gasteiger charge is -2.22. The summed E-state index contributed by atoms with van der Waals surface area (Å²) in [6.07, 6.45) is 0.728. The van der Waals surface area contributed by atoms with Crippen molar-refractivity contribution < 1.29 is 27.1 Å². The van der Waals surface area contributed by atoms with Crippen LogP contribution in [0.3, 0.4) is 0 Å². The number of rotatable bonds is 12. The molecule has 4 rings (SSSR count). The molecule has 2 aromatic heterocycles. The van der Waals surface area contributed by atoms with E-state index in [-0.39, 0.29) is 23.2 Å². The zero-order valence-corrected chi connectivity index (χ0v) is 25.3. The average Bonchev–Trinajstić information content (AvgIpc) is 3.48. The third kappa shape index (κ3) is 6.57. The average molecular weight is 587 g/mol. The Morgan fingerprint density at radius 3 is 2.38 bits per heavy atom. The van der Waals surface area contributed by atoms with Crippen LogP contribution in [0, 0.1) is 0 Å². The van der Waals surface area contributed by atoms with Crippen LogP contribution in [-0.2, 0) is 37.1 Å². The molecular weight excluding hydrogens is 552 g/mol. The van der Waals surface area contributed by atoms with Crippen molar-refractivity contribution in [3.05, 3.63) is 48.0 Å². The third-order valence-corrected chi connectivity index (χ3v) is 9.08. The molecule has 10 nitrogen and oxygen atoms in total. The number of thiazole rings is 1. The number of benzene rings is 2. The Balaban J connectivity index is 1.85. The summed E-state index contributed by atoms with van der Waals surface area (Å²) >= 11 is 1.38. The Hall–Kier alpha value is -3.19. The zero-order valence-electron chi connectivity index (χ0n) is 23.6. The maximum absolute atomic E-state index is 13.1. The number of carbonyl (C=O) groups is 1. The Kier molecular flexibility index (Phi) is 8.46. The predicted octanol–water partition coefficient (Wildman–Crippen LogP) is 5.16.